The summed E-state index contributed by atoms with van der Waals surface area (Å²) in [5.74, 6) is 0. The fourth-order valence-electron chi connectivity index (χ4n) is 3.42. The van der Waals surface area contributed by atoms with Crippen molar-refractivity contribution in [1.82, 2.24) is 15.0 Å². The van der Waals surface area contributed by atoms with Crippen molar-refractivity contribution in [2.45, 2.75) is 59.7 Å². The van der Waals surface area contributed by atoms with Crippen LogP contribution in [0.25, 0.3) is 0 Å². The molecule has 0 aliphatic carbocycles. The van der Waals surface area contributed by atoms with Crippen LogP contribution in [0.4, 0.5) is 0 Å². The second-order valence-electron chi connectivity index (χ2n) is 9.92. The Balaban J connectivity index is 2.45. The number of aryl methyl sites for hydroxylation is 1. The largest absolute Gasteiger partial charge is 0.606 e. The molecule has 1 unspecified atom stereocenters. The zero-order chi connectivity index (χ0) is 23.7. The van der Waals surface area contributed by atoms with Gasteiger partial charge < -0.3 is 9.38 Å². The lowest BCUT2D eigenvalue weighted by atomic mass is 10.3. The molecule has 8 nitrogen and oxygen atoms in total. The Morgan fingerprint density at radius 1 is 1.16 bits per heavy atom. The lowest BCUT2D eigenvalue weighted by Crippen LogP contribution is -2.38. The van der Waals surface area contributed by atoms with E-state index in [-0.39, 0.29) is 13.2 Å². The molecule has 0 saturated carbocycles. The second kappa shape index (κ2) is 12.3. The summed E-state index contributed by atoms with van der Waals surface area (Å²) in [6, 6.07) is 1.15. The molecule has 1 rings (SSSR count). The van der Waals surface area contributed by atoms with Gasteiger partial charge in [0, 0.05) is 19.2 Å². The number of quaternary nitrogens is 1. The van der Waals surface area contributed by atoms with Gasteiger partial charge in [0.1, 0.15) is 19.8 Å². The van der Waals surface area contributed by atoms with E-state index in [4.69, 9.17) is 9.05 Å². The van der Waals surface area contributed by atoms with Crippen molar-refractivity contribution >= 4 is 16.2 Å². The first-order valence-electron chi connectivity index (χ1n) is 10.8. The molecule has 0 saturated heterocycles. The van der Waals surface area contributed by atoms with Crippen LogP contribution < -0.4 is 4.89 Å². The Kier molecular flexibility index (Phi) is 11.2. The highest BCUT2D eigenvalue weighted by molar-refractivity contribution is 7.52. The quantitative estimate of drug-likeness (QED) is 0.254. The summed E-state index contributed by atoms with van der Waals surface area (Å²) in [7, 11) is 0.356. The number of hydrogen-bond acceptors (Lipinski definition) is 6. The van der Waals surface area contributed by atoms with E-state index >= 15 is 0 Å². The zero-order valence-corrected chi connectivity index (χ0v) is 22.5. The van der Waals surface area contributed by atoms with Gasteiger partial charge in [0.15, 0.2) is 0 Å². The monoisotopic (exact) mass is 473 g/mol. The summed E-state index contributed by atoms with van der Waals surface area (Å²) in [4.78, 5) is 21.7. The highest BCUT2D eigenvalue weighted by atomic mass is 31.2. The Morgan fingerprint density at radius 3 is 2.29 bits per heavy atom. The Labute approximate surface area is 189 Å². The molecule has 10 heteroatoms. The van der Waals surface area contributed by atoms with Crippen LogP contribution in [0, 0.1) is 0 Å². The topological polar surface area (TPSA) is 92.5 Å². The van der Waals surface area contributed by atoms with Crippen LogP contribution in [0.1, 0.15) is 39.8 Å². The molecule has 0 fully saturated rings. The van der Waals surface area contributed by atoms with Gasteiger partial charge in [-0.25, -0.2) is 0 Å². The lowest BCUT2D eigenvalue weighted by molar-refractivity contribution is -0.870. The van der Waals surface area contributed by atoms with Crippen molar-refractivity contribution in [3.63, 3.8) is 0 Å². The Morgan fingerprint density at radius 2 is 1.74 bits per heavy atom. The van der Waals surface area contributed by atoms with Crippen molar-refractivity contribution in [3.05, 3.63) is 34.4 Å². The highest BCUT2D eigenvalue weighted by Gasteiger charge is 2.28. The molecule has 0 aliphatic heterocycles. The maximum absolute atomic E-state index is 11.9. The van der Waals surface area contributed by atoms with Crippen molar-refractivity contribution in [1.29, 1.82) is 0 Å². The summed E-state index contributed by atoms with van der Waals surface area (Å²) in [5, 5.41) is 8.33. The number of rotatable bonds is 14. The van der Waals surface area contributed by atoms with Gasteiger partial charge >= 0.3 is 8.17 Å². The van der Waals surface area contributed by atoms with E-state index in [1.807, 2.05) is 32.0 Å². The maximum atomic E-state index is 11.9. The summed E-state index contributed by atoms with van der Waals surface area (Å²) in [6.07, 6.45) is 3.32. The third kappa shape index (κ3) is 13.3. The van der Waals surface area contributed by atoms with E-state index in [9.17, 15) is 9.79 Å². The van der Waals surface area contributed by atoms with Crippen LogP contribution in [-0.4, -0.2) is 73.3 Å². The average Bonchev–Trinajstić information content (AvgIpc) is 2.99. The van der Waals surface area contributed by atoms with Crippen LogP contribution in [0.3, 0.4) is 0 Å². The second-order valence-corrected chi connectivity index (χ2v) is 15.5. The van der Waals surface area contributed by atoms with Crippen LogP contribution >= 0.6 is 8.17 Å². The first kappa shape index (κ1) is 28.1. The molecular weight excluding hydrogens is 431 g/mol. The summed E-state index contributed by atoms with van der Waals surface area (Å²) < 4.78 is 12.6. The SMILES string of the molecule is CC(C)=C[Si](C)(C=C(C)C)CCCn1cc(CCO[P+]([O-])(O)OCC[N+](C)(C)C)nn1. The van der Waals surface area contributed by atoms with Crippen LogP contribution in [0.2, 0.25) is 12.6 Å². The molecule has 0 radical (unpaired) electrons. The number of phosphoric ester groups is 1. The minimum Gasteiger partial charge on any atom is -0.606 e. The number of nitrogens with zero attached hydrogens (tertiary/aromatic N) is 4. The molecule has 0 bridgehead atoms. The van der Waals surface area contributed by atoms with E-state index in [1.165, 1.54) is 11.1 Å². The highest BCUT2D eigenvalue weighted by Crippen LogP contribution is 2.47. The maximum Gasteiger partial charge on any atom is 0.377 e. The van der Waals surface area contributed by atoms with Crippen molar-refractivity contribution < 1.29 is 23.3 Å². The molecule has 31 heavy (non-hydrogen) atoms. The van der Waals surface area contributed by atoms with Gasteiger partial charge in [-0.05, 0) is 40.2 Å². The number of allylic oxidation sites excluding steroid dienone is 2. The normalized spacial score (nSPS) is 14.3. The van der Waals surface area contributed by atoms with Gasteiger partial charge in [0.25, 0.3) is 0 Å². The predicted molar refractivity (Wildman–Crippen MR) is 128 cm³/mol. The molecule has 1 aromatic heterocycles. The summed E-state index contributed by atoms with van der Waals surface area (Å²) in [6.45, 7) is 12.7. The molecule has 0 aromatic carbocycles. The van der Waals surface area contributed by atoms with Crippen molar-refractivity contribution in [3.8, 4) is 0 Å². The molecule has 1 N–H and O–H groups in total. The van der Waals surface area contributed by atoms with Crippen LogP contribution in [-0.2, 0) is 22.0 Å². The van der Waals surface area contributed by atoms with Gasteiger partial charge in [-0.3, -0.25) is 4.68 Å². The molecule has 1 aromatic rings. The first-order valence-corrected chi connectivity index (χ1v) is 15.2. The van der Waals surface area contributed by atoms with E-state index in [0.717, 1.165) is 24.7 Å². The van der Waals surface area contributed by atoms with E-state index in [2.05, 4.69) is 56.0 Å². The number of likely N-dealkylation sites (N-methyl/N-ethyl adjacent to an activating group) is 1. The third-order valence-corrected chi connectivity index (χ3v) is 9.48. The zero-order valence-electron chi connectivity index (χ0n) is 20.6. The van der Waals surface area contributed by atoms with E-state index < -0.39 is 16.2 Å². The molecule has 0 amide bonds. The van der Waals surface area contributed by atoms with Crippen LogP contribution in [0.5, 0.6) is 0 Å². The number of hydrogen-bond donors (Lipinski definition) is 1. The third-order valence-electron chi connectivity index (χ3n) is 4.55. The smallest absolute Gasteiger partial charge is 0.377 e. The summed E-state index contributed by atoms with van der Waals surface area (Å²) in [5.41, 5.74) is 8.40. The lowest BCUT2D eigenvalue weighted by Gasteiger charge is -2.25. The molecular formula is C21H42N4O4PSi+. The molecule has 0 spiro atoms. The Bertz CT molecular complexity index is 718. The fourth-order valence-corrected chi connectivity index (χ4v) is 8.06. The Hall–Kier alpha value is -0.933. The van der Waals surface area contributed by atoms with Gasteiger partial charge in [-0.2, -0.15) is 13.9 Å². The van der Waals surface area contributed by atoms with Gasteiger partial charge in [-0.15, -0.1) is 5.10 Å². The predicted octanol–water partition coefficient (Wildman–Crippen LogP) is 3.07. The number of aromatic nitrogens is 3. The fraction of sp³-hybridized carbons (Fsp3) is 0.714. The first-order chi connectivity index (χ1) is 14.2. The standard InChI is InChI=1S/C21H41N4O4PSi/c1-19(2)17-31(8,18-20(3)4)15-9-11-24-16-21(22-23-24)10-13-28-30(26,27)29-14-12-25(5,6)7/h16-18H,9-15H2,1-8H3/p+1. The van der Waals surface area contributed by atoms with Crippen molar-refractivity contribution in [2.24, 2.45) is 0 Å². The molecule has 178 valence electrons. The average molecular weight is 474 g/mol. The van der Waals surface area contributed by atoms with Gasteiger partial charge in [-0.1, -0.05) is 34.3 Å². The molecule has 1 heterocycles. The summed E-state index contributed by atoms with van der Waals surface area (Å²) >= 11 is 0. The molecule has 0 aliphatic rings. The van der Waals surface area contributed by atoms with Gasteiger partial charge in [0.05, 0.1) is 34.9 Å². The van der Waals surface area contributed by atoms with E-state index in [1.54, 1.807) is 0 Å². The van der Waals surface area contributed by atoms with Crippen molar-refractivity contribution in [2.75, 3.05) is 40.9 Å². The minimum absolute atomic E-state index is 0.0585. The molecule has 1 atom stereocenters. The minimum atomic E-state index is -4.04. The van der Waals surface area contributed by atoms with Crippen LogP contribution in [0.15, 0.2) is 28.7 Å². The number of phosphoric acid groups is 1. The van der Waals surface area contributed by atoms with Gasteiger partial charge in [0.2, 0.25) is 0 Å². The van der Waals surface area contributed by atoms with E-state index in [0.29, 0.717) is 17.4 Å².